The predicted molar refractivity (Wildman–Crippen MR) is 64.7 cm³/mol. The van der Waals surface area contributed by atoms with E-state index in [0.717, 1.165) is 36.0 Å². The van der Waals surface area contributed by atoms with Gasteiger partial charge in [0.05, 0.1) is 6.10 Å². The molecule has 1 aromatic carbocycles. The molecule has 0 bridgehead atoms. The second-order valence-electron chi connectivity index (χ2n) is 4.08. The fourth-order valence-corrected chi connectivity index (χ4v) is 2.36. The number of aliphatic hydroxyl groups is 1. The SMILES string of the molecule is OC(c1ccc(Br)cc1)C1CCNCC1. The Balaban J connectivity index is 2.05. The maximum absolute atomic E-state index is 10.2. The minimum atomic E-state index is -0.305. The van der Waals surface area contributed by atoms with Gasteiger partial charge >= 0.3 is 0 Å². The molecular weight excluding hydrogens is 254 g/mol. The normalized spacial score (nSPS) is 20.1. The van der Waals surface area contributed by atoms with Crippen LogP contribution in [-0.2, 0) is 0 Å². The molecule has 0 saturated carbocycles. The zero-order valence-corrected chi connectivity index (χ0v) is 10.2. The molecule has 2 N–H and O–H groups in total. The van der Waals surface area contributed by atoms with Crippen molar-refractivity contribution in [3.63, 3.8) is 0 Å². The number of benzene rings is 1. The monoisotopic (exact) mass is 269 g/mol. The van der Waals surface area contributed by atoms with E-state index in [4.69, 9.17) is 0 Å². The third-order valence-corrected chi connectivity index (χ3v) is 3.57. The maximum Gasteiger partial charge on any atom is 0.0819 e. The summed E-state index contributed by atoms with van der Waals surface area (Å²) in [5.41, 5.74) is 1.03. The summed E-state index contributed by atoms with van der Waals surface area (Å²) in [5.74, 6) is 0.410. The van der Waals surface area contributed by atoms with Crippen LogP contribution in [0, 0.1) is 5.92 Å². The van der Waals surface area contributed by atoms with E-state index in [0.29, 0.717) is 5.92 Å². The quantitative estimate of drug-likeness (QED) is 0.865. The number of hydrogen-bond acceptors (Lipinski definition) is 2. The van der Waals surface area contributed by atoms with Crippen LogP contribution in [0.3, 0.4) is 0 Å². The molecule has 1 heterocycles. The van der Waals surface area contributed by atoms with Crippen molar-refractivity contribution in [2.24, 2.45) is 5.92 Å². The first-order valence-electron chi connectivity index (χ1n) is 5.41. The molecule has 0 radical (unpaired) electrons. The van der Waals surface area contributed by atoms with Gasteiger partial charge in [-0.3, -0.25) is 0 Å². The molecule has 1 saturated heterocycles. The topological polar surface area (TPSA) is 32.3 Å². The van der Waals surface area contributed by atoms with Crippen LogP contribution in [-0.4, -0.2) is 18.2 Å². The van der Waals surface area contributed by atoms with E-state index in [1.807, 2.05) is 24.3 Å². The summed E-state index contributed by atoms with van der Waals surface area (Å²) in [6, 6.07) is 7.97. The first-order valence-corrected chi connectivity index (χ1v) is 6.21. The highest BCUT2D eigenvalue weighted by Crippen LogP contribution is 2.29. The number of hydrogen-bond donors (Lipinski definition) is 2. The highest BCUT2D eigenvalue weighted by molar-refractivity contribution is 9.10. The molecule has 1 aliphatic rings. The molecule has 1 aromatic rings. The molecule has 2 rings (SSSR count). The van der Waals surface area contributed by atoms with Crippen molar-refractivity contribution in [2.75, 3.05) is 13.1 Å². The fourth-order valence-electron chi connectivity index (χ4n) is 2.09. The average molecular weight is 270 g/mol. The van der Waals surface area contributed by atoms with Gasteiger partial charge in [-0.2, -0.15) is 0 Å². The Morgan fingerprint density at radius 1 is 1.20 bits per heavy atom. The highest BCUT2D eigenvalue weighted by atomic mass is 79.9. The summed E-state index contributed by atoms with van der Waals surface area (Å²) in [4.78, 5) is 0. The summed E-state index contributed by atoms with van der Waals surface area (Å²) in [5, 5.41) is 13.5. The zero-order chi connectivity index (χ0) is 10.7. The second-order valence-corrected chi connectivity index (χ2v) is 5.00. The molecule has 2 nitrogen and oxygen atoms in total. The predicted octanol–water partition coefficient (Wildman–Crippen LogP) is 2.48. The molecular formula is C12H16BrNO. The maximum atomic E-state index is 10.2. The van der Waals surface area contributed by atoms with Gasteiger partial charge in [-0.15, -0.1) is 0 Å². The minimum absolute atomic E-state index is 0.305. The van der Waals surface area contributed by atoms with Crippen molar-refractivity contribution >= 4 is 15.9 Å². The molecule has 82 valence electrons. The summed E-state index contributed by atoms with van der Waals surface area (Å²) < 4.78 is 1.06. The average Bonchev–Trinajstić information content (AvgIpc) is 2.30. The van der Waals surface area contributed by atoms with Gasteiger partial charge in [0.25, 0.3) is 0 Å². The largest absolute Gasteiger partial charge is 0.388 e. The number of halogens is 1. The Labute approximate surface area is 98.8 Å². The van der Waals surface area contributed by atoms with Crippen molar-refractivity contribution in [3.8, 4) is 0 Å². The van der Waals surface area contributed by atoms with E-state index in [2.05, 4.69) is 21.2 Å². The summed E-state index contributed by atoms with van der Waals surface area (Å²) in [6.07, 6.45) is 1.83. The van der Waals surface area contributed by atoms with Gasteiger partial charge in [-0.05, 0) is 49.5 Å². The highest BCUT2D eigenvalue weighted by Gasteiger charge is 2.22. The van der Waals surface area contributed by atoms with Crippen molar-refractivity contribution < 1.29 is 5.11 Å². The van der Waals surface area contributed by atoms with Crippen molar-refractivity contribution in [2.45, 2.75) is 18.9 Å². The van der Waals surface area contributed by atoms with Crippen molar-refractivity contribution in [3.05, 3.63) is 34.3 Å². The molecule has 3 heteroatoms. The molecule has 0 aliphatic carbocycles. The molecule has 1 aliphatic heterocycles. The molecule has 0 spiro atoms. The minimum Gasteiger partial charge on any atom is -0.388 e. The van der Waals surface area contributed by atoms with Gasteiger partial charge in [0, 0.05) is 4.47 Å². The zero-order valence-electron chi connectivity index (χ0n) is 8.62. The molecule has 0 amide bonds. The van der Waals surface area contributed by atoms with E-state index >= 15 is 0 Å². The number of nitrogens with one attached hydrogen (secondary N) is 1. The van der Waals surface area contributed by atoms with Crippen LogP contribution in [0.25, 0.3) is 0 Å². The van der Waals surface area contributed by atoms with E-state index in [9.17, 15) is 5.11 Å². The molecule has 1 fully saturated rings. The van der Waals surface area contributed by atoms with Crippen molar-refractivity contribution in [1.82, 2.24) is 5.32 Å². The van der Waals surface area contributed by atoms with Crippen LogP contribution in [0.15, 0.2) is 28.7 Å². The molecule has 1 atom stereocenters. The van der Waals surface area contributed by atoms with E-state index in [-0.39, 0.29) is 6.10 Å². The first-order chi connectivity index (χ1) is 7.27. The Morgan fingerprint density at radius 3 is 2.40 bits per heavy atom. The van der Waals surface area contributed by atoms with E-state index in [1.165, 1.54) is 0 Å². The Kier molecular flexibility index (Phi) is 3.78. The standard InChI is InChI=1S/C12H16BrNO/c13-11-3-1-9(2-4-11)12(15)10-5-7-14-8-6-10/h1-4,10,12,14-15H,5-8H2. The first kappa shape index (κ1) is 11.1. The van der Waals surface area contributed by atoms with Crippen LogP contribution in [0.2, 0.25) is 0 Å². The third kappa shape index (κ3) is 2.80. The number of piperidine rings is 1. The summed E-state index contributed by atoms with van der Waals surface area (Å²) >= 11 is 3.40. The van der Waals surface area contributed by atoms with E-state index < -0.39 is 0 Å². The Bertz CT molecular complexity index is 306. The van der Waals surface area contributed by atoms with Crippen LogP contribution in [0.5, 0.6) is 0 Å². The van der Waals surface area contributed by atoms with Gasteiger partial charge in [0.2, 0.25) is 0 Å². The van der Waals surface area contributed by atoms with Gasteiger partial charge in [-0.1, -0.05) is 28.1 Å². The summed E-state index contributed by atoms with van der Waals surface area (Å²) in [6.45, 7) is 2.05. The van der Waals surface area contributed by atoms with Gasteiger partial charge in [0.1, 0.15) is 0 Å². The molecule has 0 aromatic heterocycles. The second kappa shape index (κ2) is 5.10. The fraction of sp³-hybridized carbons (Fsp3) is 0.500. The van der Waals surface area contributed by atoms with Gasteiger partial charge < -0.3 is 10.4 Å². The van der Waals surface area contributed by atoms with Crippen LogP contribution >= 0.6 is 15.9 Å². The lowest BCUT2D eigenvalue weighted by molar-refractivity contribution is 0.0889. The van der Waals surface area contributed by atoms with Gasteiger partial charge in [0.15, 0.2) is 0 Å². The summed E-state index contributed by atoms with van der Waals surface area (Å²) in [7, 11) is 0. The molecule has 1 unspecified atom stereocenters. The van der Waals surface area contributed by atoms with E-state index in [1.54, 1.807) is 0 Å². The van der Waals surface area contributed by atoms with Crippen LogP contribution in [0.1, 0.15) is 24.5 Å². The Hall–Kier alpha value is -0.380. The third-order valence-electron chi connectivity index (χ3n) is 3.04. The lowest BCUT2D eigenvalue weighted by atomic mass is 9.88. The lowest BCUT2D eigenvalue weighted by Crippen LogP contribution is -2.30. The van der Waals surface area contributed by atoms with Crippen LogP contribution < -0.4 is 5.32 Å². The smallest absolute Gasteiger partial charge is 0.0819 e. The molecule has 15 heavy (non-hydrogen) atoms. The van der Waals surface area contributed by atoms with Crippen LogP contribution in [0.4, 0.5) is 0 Å². The lowest BCUT2D eigenvalue weighted by Gasteiger charge is -2.27. The van der Waals surface area contributed by atoms with Gasteiger partial charge in [-0.25, -0.2) is 0 Å². The van der Waals surface area contributed by atoms with Crippen molar-refractivity contribution in [1.29, 1.82) is 0 Å². The Morgan fingerprint density at radius 2 is 1.80 bits per heavy atom. The number of aliphatic hydroxyl groups excluding tert-OH is 1. The number of rotatable bonds is 2.